The van der Waals surface area contributed by atoms with Crippen LogP contribution in [0.25, 0.3) is 0 Å². The van der Waals surface area contributed by atoms with Gasteiger partial charge in [-0.3, -0.25) is 14.9 Å². The quantitative estimate of drug-likeness (QED) is 0.470. The number of nitrogens with zero attached hydrogens (tertiary/aromatic N) is 1. The number of anilines is 1. The Bertz CT molecular complexity index is 742. The van der Waals surface area contributed by atoms with Crippen LogP contribution in [0.1, 0.15) is 6.42 Å². The van der Waals surface area contributed by atoms with E-state index in [1.165, 1.54) is 17.8 Å². The van der Waals surface area contributed by atoms with Gasteiger partial charge in [0.05, 0.1) is 9.95 Å². The molecule has 0 aliphatic carbocycles. The SMILES string of the molecule is O=C(CCSc1ccccc1Cl)Nc1ccc(F)c([N+](=O)[O-])c1. The number of rotatable bonds is 6. The summed E-state index contributed by atoms with van der Waals surface area (Å²) in [5.74, 6) is -0.758. The minimum absolute atomic E-state index is 0.186. The summed E-state index contributed by atoms with van der Waals surface area (Å²) in [5, 5.41) is 13.8. The average Bonchev–Trinajstić information content (AvgIpc) is 2.51. The second-order valence-corrected chi connectivity index (χ2v) is 6.04. The van der Waals surface area contributed by atoms with Gasteiger partial charge in [0.1, 0.15) is 0 Å². The fourth-order valence-electron chi connectivity index (χ4n) is 1.77. The molecule has 0 atom stereocenters. The molecule has 8 heteroatoms. The fourth-order valence-corrected chi connectivity index (χ4v) is 2.96. The molecule has 2 aromatic rings. The summed E-state index contributed by atoms with van der Waals surface area (Å²) in [6, 6.07) is 10.5. The Morgan fingerprint density at radius 3 is 2.74 bits per heavy atom. The van der Waals surface area contributed by atoms with Crippen LogP contribution in [0.15, 0.2) is 47.4 Å². The van der Waals surface area contributed by atoms with Crippen molar-refractivity contribution in [2.45, 2.75) is 11.3 Å². The number of amides is 1. The molecular formula is C15H12ClFN2O3S. The van der Waals surface area contributed by atoms with Crippen molar-refractivity contribution >= 4 is 40.6 Å². The number of nitrogens with one attached hydrogen (secondary N) is 1. The molecule has 2 rings (SSSR count). The van der Waals surface area contributed by atoms with E-state index in [1.807, 2.05) is 18.2 Å². The largest absolute Gasteiger partial charge is 0.326 e. The molecule has 0 spiro atoms. The molecule has 0 heterocycles. The van der Waals surface area contributed by atoms with Crippen LogP contribution in [-0.2, 0) is 4.79 Å². The average molecular weight is 355 g/mol. The molecule has 0 bridgehead atoms. The topological polar surface area (TPSA) is 72.2 Å². The van der Waals surface area contributed by atoms with Crippen LogP contribution in [0.2, 0.25) is 5.02 Å². The molecule has 0 radical (unpaired) electrons. The second kappa shape index (κ2) is 7.94. The third-order valence-corrected chi connectivity index (χ3v) is 4.37. The molecule has 23 heavy (non-hydrogen) atoms. The highest BCUT2D eigenvalue weighted by Gasteiger charge is 2.15. The van der Waals surface area contributed by atoms with Crippen molar-refractivity contribution < 1.29 is 14.1 Å². The Morgan fingerprint density at radius 2 is 2.04 bits per heavy atom. The summed E-state index contributed by atoms with van der Waals surface area (Å²) in [5.41, 5.74) is -0.487. The van der Waals surface area contributed by atoms with Crippen molar-refractivity contribution in [1.82, 2.24) is 0 Å². The standard InChI is InChI=1S/C15H12ClFN2O3S/c16-11-3-1-2-4-14(11)23-8-7-15(20)18-10-5-6-12(17)13(9-10)19(21)22/h1-6,9H,7-8H2,(H,18,20). The summed E-state index contributed by atoms with van der Waals surface area (Å²) >= 11 is 7.45. The lowest BCUT2D eigenvalue weighted by Crippen LogP contribution is -2.12. The Hall–Kier alpha value is -2.12. The number of nitro groups is 1. The number of benzene rings is 2. The van der Waals surface area contributed by atoms with E-state index in [0.29, 0.717) is 10.8 Å². The van der Waals surface area contributed by atoms with Gasteiger partial charge in [-0.2, -0.15) is 4.39 Å². The van der Waals surface area contributed by atoms with E-state index < -0.39 is 16.4 Å². The summed E-state index contributed by atoms with van der Waals surface area (Å²) < 4.78 is 13.2. The van der Waals surface area contributed by atoms with Crippen LogP contribution >= 0.6 is 23.4 Å². The molecular weight excluding hydrogens is 343 g/mol. The molecule has 0 aromatic heterocycles. The van der Waals surface area contributed by atoms with E-state index in [2.05, 4.69) is 5.32 Å². The van der Waals surface area contributed by atoms with Gasteiger partial charge in [-0.15, -0.1) is 11.8 Å². The van der Waals surface area contributed by atoms with Gasteiger partial charge in [-0.25, -0.2) is 0 Å². The van der Waals surface area contributed by atoms with Crippen molar-refractivity contribution in [1.29, 1.82) is 0 Å². The number of carbonyl (C=O) groups excluding carboxylic acids is 1. The van der Waals surface area contributed by atoms with Crippen molar-refractivity contribution in [3.05, 3.63) is 63.4 Å². The van der Waals surface area contributed by atoms with E-state index in [-0.39, 0.29) is 18.0 Å². The molecule has 0 aliphatic heterocycles. The lowest BCUT2D eigenvalue weighted by molar-refractivity contribution is -0.387. The van der Waals surface area contributed by atoms with Crippen LogP contribution < -0.4 is 5.32 Å². The Balaban J connectivity index is 1.89. The van der Waals surface area contributed by atoms with Gasteiger partial charge < -0.3 is 5.32 Å². The molecule has 0 fully saturated rings. The van der Waals surface area contributed by atoms with E-state index in [0.717, 1.165) is 17.0 Å². The Labute approximate surface area is 141 Å². The minimum Gasteiger partial charge on any atom is -0.326 e. The van der Waals surface area contributed by atoms with Crippen molar-refractivity contribution in [3.8, 4) is 0 Å². The monoisotopic (exact) mass is 354 g/mol. The normalized spacial score (nSPS) is 10.3. The summed E-state index contributed by atoms with van der Waals surface area (Å²) in [6.07, 6.45) is 0.195. The zero-order valence-corrected chi connectivity index (χ0v) is 13.4. The van der Waals surface area contributed by atoms with Gasteiger partial charge in [0.15, 0.2) is 0 Å². The van der Waals surface area contributed by atoms with Crippen molar-refractivity contribution in [2.24, 2.45) is 0 Å². The molecule has 0 unspecified atom stereocenters. The number of thioether (sulfide) groups is 1. The first-order chi connectivity index (χ1) is 11.0. The smallest absolute Gasteiger partial charge is 0.306 e. The molecule has 0 saturated carbocycles. The van der Waals surface area contributed by atoms with E-state index in [1.54, 1.807) is 6.07 Å². The lowest BCUT2D eigenvalue weighted by atomic mass is 10.2. The third kappa shape index (κ3) is 4.94. The zero-order valence-electron chi connectivity index (χ0n) is 11.8. The first-order valence-corrected chi connectivity index (χ1v) is 7.95. The molecule has 2 aromatic carbocycles. The maximum Gasteiger partial charge on any atom is 0.306 e. The van der Waals surface area contributed by atoms with Crippen LogP contribution in [0.4, 0.5) is 15.8 Å². The number of carbonyl (C=O) groups is 1. The second-order valence-electron chi connectivity index (χ2n) is 4.50. The number of hydrogen-bond donors (Lipinski definition) is 1. The summed E-state index contributed by atoms with van der Waals surface area (Å²) in [6.45, 7) is 0. The highest BCUT2D eigenvalue weighted by atomic mass is 35.5. The van der Waals surface area contributed by atoms with Gasteiger partial charge >= 0.3 is 5.69 Å². The van der Waals surface area contributed by atoms with Crippen LogP contribution in [0, 0.1) is 15.9 Å². The number of nitro benzene ring substituents is 1. The molecule has 0 saturated heterocycles. The van der Waals surface area contributed by atoms with Crippen LogP contribution in [-0.4, -0.2) is 16.6 Å². The first-order valence-electron chi connectivity index (χ1n) is 6.58. The molecule has 120 valence electrons. The van der Waals surface area contributed by atoms with Gasteiger partial charge in [0, 0.05) is 28.8 Å². The van der Waals surface area contributed by atoms with Gasteiger partial charge in [-0.05, 0) is 24.3 Å². The van der Waals surface area contributed by atoms with Gasteiger partial charge in [-0.1, -0.05) is 23.7 Å². The van der Waals surface area contributed by atoms with Crippen LogP contribution in [0.5, 0.6) is 0 Å². The number of halogens is 2. The van der Waals surface area contributed by atoms with Gasteiger partial charge in [0.2, 0.25) is 11.7 Å². The van der Waals surface area contributed by atoms with Crippen molar-refractivity contribution in [2.75, 3.05) is 11.1 Å². The Morgan fingerprint density at radius 1 is 1.30 bits per heavy atom. The lowest BCUT2D eigenvalue weighted by Gasteiger charge is -2.06. The fraction of sp³-hybridized carbons (Fsp3) is 0.133. The van der Waals surface area contributed by atoms with E-state index >= 15 is 0 Å². The highest BCUT2D eigenvalue weighted by molar-refractivity contribution is 7.99. The highest BCUT2D eigenvalue weighted by Crippen LogP contribution is 2.27. The maximum atomic E-state index is 13.2. The zero-order chi connectivity index (χ0) is 16.8. The van der Waals surface area contributed by atoms with E-state index in [4.69, 9.17) is 11.6 Å². The predicted molar refractivity (Wildman–Crippen MR) is 88.5 cm³/mol. The molecule has 0 aliphatic rings. The third-order valence-electron chi connectivity index (χ3n) is 2.85. The van der Waals surface area contributed by atoms with E-state index in [9.17, 15) is 19.3 Å². The predicted octanol–water partition coefficient (Wildman–Crippen LogP) is 4.51. The summed E-state index contributed by atoms with van der Waals surface area (Å²) in [4.78, 5) is 22.5. The minimum atomic E-state index is -0.942. The first kappa shape index (κ1) is 17.2. The van der Waals surface area contributed by atoms with Crippen molar-refractivity contribution in [3.63, 3.8) is 0 Å². The van der Waals surface area contributed by atoms with Gasteiger partial charge in [0.25, 0.3) is 0 Å². The van der Waals surface area contributed by atoms with Crippen LogP contribution in [0.3, 0.4) is 0 Å². The molecule has 1 amide bonds. The summed E-state index contributed by atoms with van der Waals surface area (Å²) in [7, 11) is 0. The number of hydrogen-bond acceptors (Lipinski definition) is 4. The molecule has 5 nitrogen and oxygen atoms in total. The Kier molecular flexibility index (Phi) is 5.95. The maximum absolute atomic E-state index is 13.2. The molecule has 1 N–H and O–H groups in total.